The van der Waals surface area contributed by atoms with E-state index in [1.165, 1.54) is 25.7 Å². The number of aliphatic hydroxyl groups excluding tert-OH is 3. The van der Waals surface area contributed by atoms with Gasteiger partial charge in [-0.15, -0.1) is 0 Å². The number of rotatable bonds is 3. The van der Waals surface area contributed by atoms with Crippen LogP contribution >= 0.6 is 0 Å². The molecule has 0 aliphatic heterocycles. The van der Waals surface area contributed by atoms with Crippen molar-refractivity contribution < 1.29 is 50.9 Å². The summed E-state index contributed by atoms with van der Waals surface area (Å²) in [5.74, 6) is 0. The molecule has 1 radical (unpaired) electrons. The molecule has 5 heteroatoms. The quantitative estimate of drug-likeness (QED) is 0.601. The van der Waals surface area contributed by atoms with Gasteiger partial charge in [0.1, 0.15) is 18.7 Å². The van der Waals surface area contributed by atoms with Crippen LogP contribution in [0.2, 0.25) is 0 Å². The summed E-state index contributed by atoms with van der Waals surface area (Å²) in [6, 6.07) is 0. The fraction of sp³-hybridized carbons (Fsp3) is 1.00. The van der Waals surface area contributed by atoms with Crippen molar-refractivity contribution in [3.05, 3.63) is 0 Å². The predicted molar refractivity (Wildman–Crippen MR) is 36.9 cm³/mol. The molecule has 11 heavy (non-hydrogen) atoms. The molecule has 65 valence electrons. The first-order valence-electron chi connectivity index (χ1n) is 3.28. The van der Waals surface area contributed by atoms with E-state index >= 15 is 0 Å². The third kappa shape index (κ3) is 5.30. The Balaban J connectivity index is 0. The van der Waals surface area contributed by atoms with Crippen LogP contribution in [0.5, 0.6) is 0 Å². The van der Waals surface area contributed by atoms with E-state index in [4.69, 9.17) is 15.3 Å². The third-order valence-corrected chi connectivity index (χ3v) is 1.29. The fourth-order valence-corrected chi connectivity index (χ4v) is 0.937. The monoisotopic (exact) mass is 288 g/mol. The van der Waals surface area contributed by atoms with Gasteiger partial charge in [-0.05, 0) is 20.8 Å². The zero-order valence-corrected chi connectivity index (χ0v) is 10.7. The average Bonchev–Trinajstić information content (AvgIpc) is 1.59. The third-order valence-electron chi connectivity index (χ3n) is 1.29. The summed E-state index contributed by atoms with van der Waals surface area (Å²) in [5.41, 5.74) is 0. The van der Waals surface area contributed by atoms with Crippen LogP contribution in [-0.2, 0) is 0 Å². The topological polar surface area (TPSA) is 63.9 Å². The minimum atomic E-state index is -0.833. The molecular formula is C6H15LaNO3. The van der Waals surface area contributed by atoms with Crippen LogP contribution in [0.1, 0.15) is 20.8 Å². The van der Waals surface area contributed by atoms with Crippen molar-refractivity contribution in [3.63, 3.8) is 0 Å². The zero-order chi connectivity index (χ0) is 8.31. The van der Waals surface area contributed by atoms with Crippen LogP contribution in [0.4, 0.5) is 0 Å². The molecule has 0 rings (SSSR count). The van der Waals surface area contributed by atoms with E-state index in [9.17, 15) is 0 Å². The molecule has 3 atom stereocenters. The van der Waals surface area contributed by atoms with Crippen LogP contribution in [0.15, 0.2) is 0 Å². The summed E-state index contributed by atoms with van der Waals surface area (Å²) in [6.07, 6.45) is -2.50. The maximum Gasteiger partial charge on any atom is 0.108 e. The van der Waals surface area contributed by atoms with Gasteiger partial charge >= 0.3 is 0 Å². The van der Waals surface area contributed by atoms with Crippen molar-refractivity contribution in [1.29, 1.82) is 0 Å². The molecule has 0 saturated carbocycles. The van der Waals surface area contributed by atoms with Crippen molar-refractivity contribution >= 4 is 0 Å². The van der Waals surface area contributed by atoms with Crippen molar-refractivity contribution in [3.8, 4) is 0 Å². The second kappa shape index (κ2) is 6.54. The van der Waals surface area contributed by atoms with Crippen LogP contribution in [0.3, 0.4) is 0 Å². The van der Waals surface area contributed by atoms with Gasteiger partial charge in [-0.3, -0.25) is 0 Å². The maximum absolute atomic E-state index is 8.96. The van der Waals surface area contributed by atoms with Crippen molar-refractivity contribution in [2.24, 2.45) is 0 Å². The van der Waals surface area contributed by atoms with E-state index in [-0.39, 0.29) is 35.6 Å². The molecule has 0 aliphatic carbocycles. The van der Waals surface area contributed by atoms with Crippen LogP contribution in [0, 0.1) is 35.6 Å². The number of nitrogens with zero attached hydrogens (tertiary/aromatic N) is 1. The van der Waals surface area contributed by atoms with Gasteiger partial charge in [-0.25, -0.2) is 4.90 Å². The molecule has 0 aromatic rings. The smallest absolute Gasteiger partial charge is 0.108 e. The Hall–Kier alpha value is 1.03. The Morgan fingerprint density at radius 1 is 0.818 bits per heavy atom. The number of hydrogen-bond acceptors (Lipinski definition) is 4. The second-order valence-electron chi connectivity index (χ2n) is 2.34. The summed E-state index contributed by atoms with van der Waals surface area (Å²) in [4.78, 5) is 1.17. The molecule has 0 aromatic heterocycles. The molecule has 4 nitrogen and oxygen atoms in total. The summed E-state index contributed by atoms with van der Waals surface area (Å²) in [7, 11) is 0. The van der Waals surface area contributed by atoms with E-state index in [1.807, 2.05) is 0 Å². The maximum atomic E-state index is 8.96. The van der Waals surface area contributed by atoms with Crippen LogP contribution in [-0.4, -0.2) is 38.9 Å². The molecule has 3 unspecified atom stereocenters. The average molecular weight is 288 g/mol. The van der Waals surface area contributed by atoms with E-state index in [1.54, 1.807) is 0 Å². The van der Waals surface area contributed by atoms with E-state index in [2.05, 4.69) is 0 Å². The minimum Gasteiger partial charge on any atom is -0.379 e. The molecule has 3 N–H and O–H groups in total. The van der Waals surface area contributed by atoms with Crippen molar-refractivity contribution in [1.82, 2.24) is 4.90 Å². The summed E-state index contributed by atoms with van der Waals surface area (Å²) < 4.78 is 0. The second-order valence-corrected chi connectivity index (χ2v) is 2.34. The minimum absolute atomic E-state index is 0. The molecular weight excluding hydrogens is 273 g/mol. The summed E-state index contributed by atoms with van der Waals surface area (Å²) >= 11 is 0. The van der Waals surface area contributed by atoms with Gasteiger partial charge in [-0.1, -0.05) is 0 Å². The Kier molecular flexibility index (Phi) is 8.65. The van der Waals surface area contributed by atoms with Gasteiger partial charge in [-0.2, -0.15) is 0 Å². The molecule has 0 fully saturated rings. The first-order chi connectivity index (χ1) is 4.46. The Morgan fingerprint density at radius 2 is 1.00 bits per heavy atom. The molecule has 0 bridgehead atoms. The van der Waals surface area contributed by atoms with Crippen molar-refractivity contribution in [2.45, 2.75) is 39.5 Å². The molecule has 0 amide bonds. The molecule has 0 heterocycles. The predicted octanol–water partition coefficient (Wildman–Crippen LogP) is -0.697. The fourth-order valence-electron chi connectivity index (χ4n) is 0.937. The molecule has 0 spiro atoms. The first kappa shape index (κ1) is 14.6. The van der Waals surface area contributed by atoms with Gasteiger partial charge in [0, 0.05) is 35.6 Å². The first-order valence-corrected chi connectivity index (χ1v) is 3.28. The SMILES string of the molecule is CC(O)N(C(C)O)C(C)O.[La]. The van der Waals surface area contributed by atoms with Gasteiger partial charge in [0.05, 0.1) is 0 Å². The summed E-state index contributed by atoms with van der Waals surface area (Å²) in [6.45, 7) is 4.46. The van der Waals surface area contributed by atoms with E-state index in [0.717, 1.165) is 0 Å². The van der Waals surface area contributed by atoms with Crippen LogP contribution in [0.25, 0.3) is 0 Å². The van der Waals surface area contributed by atoms with Crippen molar-refractivity contribution in [2.75, 3.05) is 0 Å². The van der Waals surface area contributed by atoms with Gasteiger partial charge in [0.2, 0.25) is 0 Å². The molecule has 0 aliphatic rings. The Labute approximate surface area is 94.8 Å². The number of aliphatic hydroxyl groups is 3. The number of hydrogen-bond donors (Lipinski definition) is 3. The normalized spacial score (nSPS) is 18.8. The zero-order valence-electron chi connectivity index (χ0n) is 7.10. The van der Waals surface area contributed by atoms with Crippen LogP contribution < -0.4 is 0 Å². The summed E-state index contributed by atoms with van der Waals surface area (Å²) in [5, 5.41) is 26.9. The van der Waals surface area contributed by atoms with Gasteiger partial charge in [0.15, 0.2) is 0 Å². The standard InChI is InChI=1S/C6H15NO3.La/c1-4(8)7(5(2)9)6(3)10;/h4-6,8-10H,1-3H3;. The van der Waals surface area contributed by atoms with Gasteiger partial charge < -0.3 is 15.3 Å². The molecule has 0 aromatic carbocycles. The van der Waals surface area contributed by atoms with E-state index < -0.39 is 18.7 Å². The largest absolute Gasteiger partial charge is 0.379 e. The van der Waals surface area contributed by atoms with Gasteiger partial charge in [0.25, 0.3) is 0 Å². The van der Waals surface area contributed by atoms with E-state index in [0.29, 0.717) is 0 Å². The Morgan fingerprint density at radius 3 is 1.00 bits per heavy atom. The molecule has 0 saturated heterocycles. The Bertz CT molecular complexity index is 78.8.